The molecule has 4 nitrogen and oxygen atoms in total. The van der Waals surface area contributed by atoms with Crippen LogP contribution in [0.15, 0.2) is 72.8 Å². The summed E-state index contributed by atoms with van der Waals surface area (Å²) in [7, 11) is 0. The highest BCUT2D eigenvalue weighted by molar-refractivity contribution is 5.92. The van der Waals surface area contributed by atoms with Crippen LogP contribution in [0.3, 0.4) is 0 Å². The van der Waals surface area contributed by atoms with E-state index < -0.39 is 5.91 Å². The summed E-state index contributed by atoms with van der Waals surface area (Å²) >= 11 is 0. The largest absolute Gasteiger partial charge is 0.366 e. The van der Waals surface area contributed by atoms with Crippen LogP contribution in [-0.2, 0) is 25.9 Å². The predicted molar refractivity (Wildman–Crippen MR) is 121 cm³/mol. The number of primary amides is 1. The summed E-state index contributed by atoms with van der Waals surface area (Å²) in [5, 5.41) is 3.49. The third-order valence-corrected chi connectivity index (χ3v) is 5.96. The topological polar surface area (TPSA) is 58.4 Å². The van der Waals surface area contributed by atoms with Crippen LogP contribution in [-0.4, -0.2) is 29.9 Å². The van der Waals surface area contributed by atoms with Gasteiger partial charge in [0, 0.05) is 37.8 Å². The Morgan fingerprint density at radius 3 is 2.55 bits per heavy atom. The standard InChI is InChI=1S/C26H28FN3O/c27-24-10-8-19(9-11-24)15-25-16-21-5-1-2-6-23(21)18-30(25)13-12-29-17-20-4-3-7-22(14-20)26(28)31/h1-11,14,25,29H,12-13,15-18H2,(H2,28,31). The van der Waals surface area contributed by atoms with Crippen molar-refractivity contribution in [2.24, 2.45) is 5.73 Å². The number of nitrogens with one attached hydrogen (secondary N) is 1. The Kier molecular flexibility index (Phi) is 6.75. The van der Waals surface area contributed by atoms with Gasteiger partial charge < -0.3 is 11.1 Å². The number of benzene rings is 3. The first-order valence-corrected chi connectivity index (χ1v) is 10.7. The zero-order chi connectivity index (χ0) is 21.6. The number of carbonyl (C=O) groups is 1. The zero-order valence-electron chi connectivity index (χ0n) is 17.6. The molecule has 0 saturated carbocycles. The molecule has 0 radical (unpaired) electrons. The molecule has 1 atom stereocenters. The zero-order valence-corrected chi connectivity index (χ0v) is 17.6. The maximum atomic E-state index is 13.3. The Labute approximate surface area is 182 Å². The molecule has 1 aliphatic rings. The number of rotatable bonds is 8. The van der Waals surface area contributed by atoms with Crippen LogP contribution in [0.4, 0.5) is 4.39 Å². The van der Waals surface area contributed by atoms with Crippen LogP contribution < -0.4 is 11.1 Å². The van der Waals surface area contributed by atoms with Crippen molar-refractivity contribution in [1.82, 2.24) is 10.2 Å². The Bertz CT molecular complexity index is 1030. The monoisotopic (exact) mass is 417 g/mol. The second-order valence-corrected chi connectivity index (χ2v) is 8.17. The lowest BCUT2D eigenvalue weighted by Gasteiger charge is -2.37. The molecule has 160 valence electrons. The van der Waals surface area contributed by atoms with E-state index in [1.54, 1.807) is 6.07 Å². The average Bonchev–Trinajstić information content (AvgIpc) is 2.78. The quantitative estimate of drug-likeness (QED) is 0.550. The van der Waals surface area contributed by atoms with Crippen molar-refractivity contribution in [1.29, 1.82) is 0 Å². The summed E-state index contributed by atoms with van der Waals surface area (Å²) in [5.74, 6) is -0.600. The summed E-state index contributed by atoms with van der Waals surface area (Å²) in [4.78, 5) is 13.9. The summed E-state index contributed by atoms with van der Waals surface area (Å²) in [6.07, 6.45) is 1.89. The van der Waals surface area contributed by atoms with Gasteiger partial charge in [0.1, 0.15) is 5.82 Å². The fourth-order valence-electron chi connectivity index (χ4n) is 4.29. The minimum atomic E-state index is -0.405. The number of hydrogen-bond donors (Lipinski definition) is 2. The first kappa shape index (κ1) is 21.2. The molecule has 0 saturated heterocycles. The molecule has 1 aliphatic heterocycles. The Hall–Kier alpha value is -3.02. The van der Waals surface area contributed by atoms with E-state index in [1.165, 1.54) is 23.3 Å². The molecular formula is C26H28FN3O. The van der Waals surface area contributed by atoms with E-state index in [0.717, 1.165) is 43.6 Å². The molecular weight excluding hydrogens is 389 g/mol. The van der Waals surface area contributed by atoms with Crippen molar-refractivity contribution < 1.29 is 9.18 Å². The number of hydrogen-bond acceptors (Lipinski definition) is 3. The van der Waals surface area contributed by atoms with Crippen LogP contribution in [0.2, 0.25) is 0 Å². The van der Waals surface area contributed by atoms with E-state index in [2.05, 4.69) is 34.5 Å². The van der Waals surface area contributed by atoms with Gasteiger partial charge in [-0.25, -0.2) is 4.39 Å². The highest BCUT2D eigenvalue weighted by atomic mass is 19.1. The summed E-state index contributed by atoms with van der Waals surface area (Å²) in [6, 6.07) is 23.3. The molecule has 3 N–H and O–H groups in total. The second-order valence-electron chi connectivity index (χ2n) is 8.17. The van der Waals surface area contributed by atoms with Crippen molar-refractivity contribution in [3.63, 3.8) is 0 Å². The minimum Gasteiger partial charge on any atom is -0.366 e. The minimum absolute atomic E-state index is 0.195. The number of nitrogens with two attached hydrogens (primary N) is 1. The number of fused-ring (bicyclic) bond motifs is 1. The highest BCUT2D eigenvalue weighted by Gasteiger charge is 2.25. The molecule has 1 heterocycles. The van der Waals surface area contributed by atoms with Gasteiger partial charge in [-0.2, -0.15) is 0 Å². The van der Waals surface area contributed by atoms with E-state index in [1.807, 2.05) is 30.3 Å². The number of amides is 1. The first-order valence-electron chi connectivity index (χ1n) is 10.7. The van der Waals surface area contributed by atoms with Crippen LogP contribution in [0.25, 0.3) is 0 Å². The number of nitrogens with zero attached hydrogens (tertiary/aromatic N) is 1. The van der Waals surface area contributed by atoms with Crippen molar-refractivity contribution in [2.75, 3.05) is 13.1 Å². The molecule has 0 bridgehead atoms. The first-order chi connectivity index (χ1) is 15.1. The lowest BCUT2D eigenvalue weighted by atomic mass is 9.90. The van der Waals surface area contributed by atoms with E-state index >= 15 is 0 Å². The Morgan fingerprint density at radius 1 is 1.00 bits per heavy atom. The molecule has 0 fully saturated rings. The van der Waals surface area contributed by atoms with E-state index in [0.29, 0.717) is 18.2 Å². The number of carbonyl (C=O) groups excluding carboxylic acids is 1. The van der Waals surface area contributed by atoms with E-state index in [9.17, 15) is 9.18 Å². The third kappa shape index (κ3) is 5.57. The molecule has 1 amide bonds. The molecule has 0 aromatic heterocycles. The average molecular weight is 418 g/mol. The van der Waals surface area contributed by atoms with Gasteiger partial charge >= 0.3 is 0 Å². The van der Waals surface area contributed by atoms with Crippen LogP contribution in [0.5, 0.6) is 0 Å². The maximum Gasteiger partial charge on any atom is 0.248 e. The fraction of sp³-hybridized carbons (Fsp3) is 0.269. The van der Waals surface area contributed by atoms with Gasteiger partial charge in [0.15, 0.2) is 0 Å². The highest BCUT2D eigenvalue weighted by Crippen LogP contribution is 2.25. The Balaban J connectivity index is 1.38. The van der Waals surface area contributed by atoms with Crippen molar-refractivity contribution in [3.05, 3.63) is 106 Å². The van der Waals surface area contributed by atoms with Gasteiger partial charge in [0.25, 0.3) is 0 Å². The second kappa shape index (κ2) is 9.86. The summed E-state index contributed by atoms with van der Waals surface area (Å²) in [6.45, 7) is 3.35. The van der Waals surface area contributed by atoms with Crippen LogP contribution in [0.1, 0.15) is 32.6 Å². The van der Waals surface area contributed by atoms with Crippen molar-refractivity contribution in [2.45, 2.75) is 32.0 Å². The maximum absolute atomic E-state index is 13.3. The molecule has 5 heteroatoms. The smallest absolute Gasteiger partial charge is 0.248 e. The van der Waals surface area contributed by atoms with Gasteiger partial charge in [-0.05, 0) is 59.4 Å². The molecule has 3 aromatic carbocycles. The molecule has 3 aromatic rings. The normalized spacial score (nSPS) is 16.1. The van der Waals surface area contributed by atoms with E-state index in [4.69, 9.17) is 5.73 Å². The van der Waals surface area contributed by atoms with Gasteiger partial charge in [-0.3, -0.25) is 9.69 Å². The molecule has 31 heavy (non-hydrogen) atoms. The van der Waals surface area contributed by atoms with Crippen LogP contribution >= 0.6 is 0 Å². The predicted octanol–water partition coefficient (Wildman–Crippen LogP) is 3.68. The fourth-order valence-corrected chi connectivity index (χ4v) is 4.29. The molecule has 0 aliphatic carbocycles. The lowest BCUT2D eigenvalue weighted by Crippen LogP contribution is -2.44. The van der Waals surface area contributed by atoms with Crippen molar-refractivity contribution >= 4 is 5.91 Å². The van der Waals surface area contributed by atoms with Crippen LogP contribution in [0, 0.1) is 5.82 Å². The third-order valence-electron chi connectivity index (χ3n) is 5.96. The SMILES string of the molecule is NC(=O)c1cccc(CNCCN2Cc3ccccc3CC2Cc2ccc(F)cc2)c1. The van der Waals surface area contributed by atoms with Gasteiger partial charge in [-0.15, -0.1) is 0 Å². The van der Waals surface area contributed by atoms with Gasteiger partial charge in [0.2, 0.25) is 5.91 Å². The van der Waals surface area contributed by atoms with Crippen molar-refractivity contribution in [3.8, 4) is 0 Å². The number of halogens is 1. The molecule has 1 unspecified atom stereocenters. The lowest BCUT2D eigenvalue weighted by molar-refractivity contribution is 0.1000. The summed E-state index contributed by atoms with van der Waals surface area (Å²) in [5.41, 5.74) is 10.9. The van der Waals surface area contributed by atoms with Gasteiger partial charge in [-0.1, -0.05) is 48.5 Å². The summed E-state index contributed by atoms with van der Waals surface area (Å²) < 4.78 is 13.3. The molecule has 0 spiro atoms. The Morgan fingerprint density at radius 2 is 1.77 bits per heavy atom. The molecule has 4 rings (SSSR count). The van der Waals surface area contributed by atoms with Gasteiger partial charge in [0.05, 0.1) is 0 Å². The van der Waals surface area contributed by atoms with E-state index in [-0.39, 0.29) is 5.82 Å².